The van der Waals surface area contributed by atoms with Crippen LogP contribution in [0, 0.1) is 27.7 Å². The first-order chi connectivity index (χ1) is 11.5. The largest absolute Gasteiger partial charge is 0.325 e. The fraction of sp³-hybridized carbons (Fsp3) is 0.278. The quantitative estimate of drug-likeness (QED) is 0.545. The number of amides is 1. The predicted octanol–water partition coefficient (Wildman–Crippen LogP) is 4.66. The molecule has 0 radical (unpaired) electrons. The molecule has 2 heterocycles. The predicted molar refractivity (Wildman–Crippen MR) is 102 cm³/mol. The van der Waals surface area contributed by atoms with Gasteiger partial charge < -0.3 is 5.32 Å². The van der Waals surface area contributed by atoms with Gasteiger partial charge in [0.1, 0.15) is 16.2 Å². The average Bonchev–Trinajstić information content (AvgIpc) is 2.85. The number of fused-ring (bicyclic) bond motifs is 1. The minimum Gasteiger partial charge on any atom is -0.325 e. The summed E-state index contributed by atoms with van der Waals surface area (Å²) in [6.45, 7) is 8.23. The third-order valence-electron chi connectivity index (χ3n) is 4.15. The van der Waals surface area contributed by atoms with Crippen LogP contribution in [0.3, 0.4) is 0 Å². The minimum atomic E-state index is -0.0231. The van der Waals surface area contributed by atoms with E-state index in [-0.39, 0.29) is 5.91 Å². The van der Waals surface area contributed by atoms with Crippen LogP contribution in [0.15, 0.2) is 29.6 Å². The molecule has 6 heteroatoms. The Morgan fingerprint density at radius 3 is 2.75 bits per heavy atom. The molecule has 3 aromatic rings. The van der Waals surface area contributed by atoms with Crippen molar-refractivity contribution in [2.75, 3.05) is 11.1 Å². The van der Waals surface area contributed by atoms with Crippen molar-refractivity contribution in [3.05, 3.63) is 46.1 Å². The number of hydrogen-bond acceptors (Lipinski definition) is 5. The highest BCUT2D eigenvalue weighted by Gasteiger charge is 2.14. The van der Waals surface area contributed by atoms with E-state index >= 15 is 0 Å². The molecule has 124 valence electrons. The molecule has 0 fully saturated rings. The molecule has 0 bridgehead atoms. The summed E-state index contributed by atoms with van der Waals surface area (Å²) >= 11 is 3.13. The summed E-state index contributed by atoms with van der Waals surface area (Å²) in [7, 11) is 0. The van der Waals surface area contributed by atoms with Crippen molar-refractivity contribution >= 4 is 44.9 Å². The van der Waals surface area contributed by atoms with Crippen LogP contribution in [-0.4, -0.2) is 21.6 Å². The van der Waals surface area contributed by atoms with Crippen molar-refractivity contribution < 1.29 is 4.79 Å². The first kappa shape index (κ1) is 16.9. The lowest BCUT2D eigenvalue weighted by atomic mass is 10.1. The molecule has 0 unspecified atom stereocenters. The minimum absolute atomic E-state index is 0.0231. The molecule has 3 rings (SSSR count). The maximum atomic E-state index is 12.3. The van der Waals surface area contributed by atoms with E-state index in [2.05, 4.69) is 29.1 Å². The molecule has 1 aromatic carbocycles. The first-order valence-electron chi connectivity index (χ1n) is 7.67. The third-order valence-corrected chi connectivity index (χ3v) is 6.25. The lowest BCUT2D eigenvalue weighted by Gasteiger charge is -2.10. The van der Waals surface area contributed by atoms with Gasteiger partial charge in [0.2, 0.25) is 5.91 Å². The number of aromatic nitrogens is 2. The van der Waals surface area contributed by atoms with Crippen molar-refractivity contribution in [3.63, 3.8) is 0 Å². The Morgan fingerprint density at radius 2 is 1.96 bits per heavy atom. The second kappa shape index (κ2) is 6.91. The van der Waals surface area contributed by atoms with Crippen LogP contribution in [0.2, 0.25) is 0 Å². The van der Waals surface area contributed by atoms with Crippen LogP contribution < -0.4 is 5.32 Å². The van der Waals surface area contributed by atoms with Crippen molar-refractivity contribution in [2.45, 2.75) is 32.7 Å². The molecular weight excluding hydrogens is 338 g/mol. The standard InChI is InChI=1S/C18H19N3OS2/c1-10-6-5-7-14(11(10)2)21-15(22)8-23-17-16-12(3)13(4)24-18(16)20-9-19-17/h5-7,9H,8H2,1-4H3,(H,21,22). The Morgan fingerprint density at radius 1 is 1.17 bits per heavy atom. The molecule has 0 saturated carbocycles. The van der Waals surface area contributed by atoms with Gasteiger partial charge in [-0.15, -0.1) is 11.3 Å². The number of carbonyl (C=O) groups is 1. The summed E-state index contributed by atoms with van der Waals surface area (Å²) < 4.78 is 0. The molecule has 0 aliphatic carbocycles. The second-order valence-electron chi connectivity index (χ2n) is 5.73. The normalized spacial score (nSPS) is 11.0. The van der Waals surface area contributed by atoms with Gasteiger partial charge in [-0.25, -0.2) is 9.97 Å². The first-order valence-corrected chi connectivity index (χ1v) is 9.47. The highest BCUT2D eigenvalue weighted by atomic mass is 32.2. The maximum absolute atomic E-state index is 12.3. The Bertz CT molecular complexity index is 918. The lowest BCUT2D eigenvalue weighted by Crippen LogP contribution is -2.15. The zero-order valence-electron chi connectivity index (χ0n) is 14.1. The fourth-order valence-electron chi connectivity index (χ4n) is 2.47. The van der Waals surface area contributed by atoms with E-state index < -0.39 is 0 Å². The summed E-state index contributed by atoms with van der Waals surface area (Å²) in [5, 5.41) is 4.94. The number of benzene rings is 1. The number of carbonyl (C=O) groups excluding carboxylic acids is 1. The van der Waals surface area contributed by atoms with Crippen LogP contribution in [0.25, 0.3) is 10.2 Å². The Balaban J connectivity index is 1.74. The molecular formula is C18H19N3OS2. The zero-order chi connectivity index (χ0) is 17.3. The second-order valence-corrected chi connectivity index (χ2v) is 7.89. The molecule has 24 heavy (non-hydrogen) atoms. The smallest absolute Gasteiger partial charge is 0.234 e. The molecule has 0 spiro atoms. The molecule has 4 nitrogen and oxygen atoms in total. The SMILES string of the molecule is Cc1cccc(NC(=O)CSc2ncnc3sc(C)c(C)c23)c1C. The van der Waals surface area contributed by atoms with Crippen molar-refractivity contribution in [2.24, 2.45) is 0 Å². The summed E-state index contributed by atoms with van der Waals surface area (Å²) in [6.07, 6.45) is 1.57. The number of thioether (sulfide) groups is 1. The van der Waals surface area contributed by atoms with Gasteiger partial charge in [-0.3, -0.25) is 4.79 Å². The van der Waals surface area contributed by atoms with E-state index in [4.69, 9.17) is 0 Å². The summed E-state index contributed by atoms with van der Waals surface area (Å²) in [4.78, 5) is 23.2. The van der Waals surface area contributed by atoms with Crippen molar-refractivity contribution in [1.29, 1.82) is 0 Å². The van der Waals surface area contributed by atoms with Gasteiger partial charge in [-0.05, 0) is 50.5 Å². The zero-order valence-corrected chi connectivity index (χ0v) is 15.8. The summed E-state index contributed by atoms with van der Waals surface area (Å²) in [5.41, 5.74) is 4.34. The number of hydrogen-bond donors (Lipinski definition) is 1. The van der Waals surface area contributed by atoms with Crippen LogP contribution in [0.4, 0.5) is 5.69 Å². The monoisotopic (exact) mass is 357 g/mol. The highest BCUT2D eigenvalue weighted by Crippen LogP contribution is 2.34. The van der Waals surface area contributed by atoms with Gasteiger partial charge in [0, 0.05) is 16.0 Å². The van der Waals surface area contributed by atoms with Gasteiger partial charge in [-0.1, -0.05) is 23.9 Å². The topological polar surface area (TPSA) is 54.9 Å². The maximum Gasteiger partial charge on any atom is 0.234 e. The van der Waals surface area contributed by atoms with Gasteiger partial charge >= 0.3 is 0 Å². The van der Waals surface area contributed by atoms with Crippen LogP contribution in [0.5, 0.6) is 0 Å². The number of thiophene rings is 1. The van der Waals surface area contributed by atoms with E-state index in [9.17, 15) is 4.79 Å². The third kappa shape index (κ3) is 3.30. The highest BCUT2D eigenvalue weighted by molar-refractivity contribution is 8.00. The number of nitrogens with one attached hydrogen (secondary N) is 1. The van der Waals surface area contributed by atoms with E-state index in [1.165, 1.54) is 27.8 Å². The van der Waals surface area contributed by atoms with Gasteiger partial charge in [-0.2, -0.15) is 0 Å². The van der Waals surface area contributed by atoms with E-state index in [0.29, 0.717) is 5.75 Å². The van der Waals surface area contributed by atoms with E-state index in [0.717, 1.165) is 26.5 Å². The van der Waals surface area contributed by atoms with Crippen molar-refractivity contribution in [3.8, 4) is 0 Å². The number of rotatable bonds is 4. The summed E-state index contributed by atoms with van der Waals surface area (Å²) in [6, 6.07) is 5.93. The molecule has 1 N–H and O–H groups in total. The van der Waals surface area contributed by atoms with Gasteiger partial charge in [0.05, 0.1) is 5.75 Å². The van der Waals surface area contributed by atoms with Gasteiger partial charge in [0.25, 0.3) is 0 Å². The molecule has 0 atom stereocenters. The molecule has 0 aliphatic rings. The number of nitrogens with zero attached hydrogens (tertiary/aromatic N) is 2. The molecule has 0 saturated heterocycles. The van der Waals surface area contributed by atoms with Crippen molar-refractivity contribution in [1.82, 2.24) is 9.97 Å². The number of aryl methyl sites for hydroxylation is 3. The Hall–Kier alpha value is -1.92. The molecule has 1 amide bonds. The molecule has 0 aliphatic heterocycles. The lowest BCUT2D eigenvalue weighted by molar-refractivity contribution is -0.113. The van der Waals surface area contributed by atoms with Crippen LogP contribution in [-0.2, 0) is 4.79 Å². The average molecular weight is 358 g/mol. The van der Waals surface area contributed by atoms with Crippen LogP contribution >= 0.6 is 23.1 Å². The van der Waals surface area contributed by atoms with E-state index in [1.54, 1.807) is 17.7 Å². The molecule has 2 aromatic heterocycles. The van der Waals surface area contributed by atoms with E-state index in [1.807, 2.05) is 32.0 Å². The summed E-state index contributed by atoms with van der Waals surface area (Å²) in [5.74, 6) is 0.304. The van der Waals surface area contributed by atoms with Crippen LogP contribution in [0.1, 0.15) is 21.6 Å². The Labute approximate surface area is 149 Å². The van der Waals surface area contributed by atoms with Gasteiger partial charge in [0.15, 0.2) is 0 Å². The number of anilines is 1. The Kier molecular flexibility index (Phi) is 4.87. The fourth-order valence-corrected chi connectivity index (χ4v) is 4.38.